The Kier molecular flexibility index (Phi) is 4.66. The number of aromatic nitrogens is 2. The minimum atomic E-state index is -4.30. The summed E-state index contributed by atoms with van der Waals surface area (Å²) in [4.78, 5) is 10.3. The van der Waals surface area contributed by atoms with Crippen molar-refractivity contribution in [2.45, 2.75) is 38.6 Å². The van der Waals surface area contributed by atoms with Crippen LogP contribution in [0.15, 0.2) is 23.1 Å². The van der Waals surface area contributed by atoms with E-state index < -0.39 is 26.7 Å². The average molecular weight is 355 g/mol. The molecule has 0 amide bonds. The van der Waals surface area contributed by atoms with Gasteiger partial charge in [0, 0.05) is 6.04 Å². The SMILES string of the molecule is Cc1nn(C(C)C)c(C)c1NS(=O)(=O)c1cc(C(=O)O)ccc1F. The van der Waals surface area contributed by atoms with Gasteiger partial charge in [0.15, 0.2) is 0 Å². The van der Waals surface area contributed by atoms with E-state index >= 15 is 0 Å². The molecule has 0 aliphatic carbocycles. The lowest BCUT2D eigenvalue weighted by atomic mass is 10.2. The van der Waals surface area contributed by atoms with Crippen LogP contribution in [-0.4, -0.2) is 29.3 Å². The molecule has 2 aromatic rings. The number of nitrogens with one attached hydrogen (secondary N) is 1. The quantitative estimate of drug-likeness (QED) is 0.859. The number of carboxylic acid groups (broad SMARTS) is 1. The second-order valence-electron chi connectivity index (χ2n) is 5.64. The van der Waals surface area contributed by atoms with Crippen LogP contribution in [0.25, 0.3) is 0 Å². The van der Waals surface area contributed by atoms with Crippen LogP contribution in [0, 0.1) is 19.7 Å². The zero-order chi connectivity index (χ0) is 18.2. The molecule has 0 fully saturated rings. The minimum Gasteiger partial charge on any atom is -0.478 e. The van der Waals surface area contributed by atoms with Gasteiger partial charge in [-0.3, -0.25) is 9.40 Å². The van der Waals surface area contributed by atoms with E-state index in [0.29, 0.717) is 11.4 Å². The monoisotopic (exact) mass is 355 g/mol. The standard InChI is InChI=1S/C15H18FN3O4S/c1-8(2)19-10(4)14(9(3)17-19)18-24(22,23)13-7-11(15(20)21)5-6-12(13)16/h5-8,18H,1-4H3,(H,20,21). The van der Waals surface area contributed by atoms with E-state index in [1.807, 2.05) is 13.8 Å². The van der Waals surface area contributed by atoms with Gasteiger partial charge in [-0.05, 0) is 45.9 Å². The fourth-order valence-electron chi connectivity index (χ4n) is 2.35. The van der Waals surface area contributed by atoms with Crippen LogP contribution in [0.2, 0.25) is 0 Å². The number of aryl methyl sites for hydroxylation is 1. The lowest BCUT2D eigenvalue weighted by Crippen LogP contribution is -2.16. The van der Waals surface area contributed by atoms with Gasteiger partial charge in [-0.15, -0.1) is 0 Å². The Morgan fingerprint density at radius 3 is 2.46 bits per heavy atom. The predicted octanol–water partition coefficient (Wildman–Crippen LogP) is 2.72. The summed E-state index contributed by atoms with van der Waals surface area (Å²) >= 11 is 0. The van der Waals surface area contributed by atoms with Gasteiger partial charge >= 0.3 is 5.97 Å². The molecule has 130 valence electrons. The second-order valence-corrected chi connectivity index (χ2v) is 7.29. The molecule has 0 aliphatic rings. The number of halogens is 1. The summed E-state index contributed by atoms with van der Waals surface area (Å²) in [6, 6.07) is 2.63. The van der Waals surface area contributed by atoms with E-state index in [9.17, 15) is 17.6 Å². The molecule has 0 atom stereocenters. The Bertz CT molecular complexity index is 904. The molecular weight excluding hydrogens is 337 g/mol. The van der Waals surface area contributed by atoms with Crippen LogP contribution < -0.4 is 4.72 Å². The van der Waals surface area contributed by atoms with Gasteiger partial charge in [0.05, 0.1) is 22.6 Å². The molecule has 7 nitrogen and oxygen atoms in total. The fourth-order valence-corrected chi connectivity index (χ4v) is 3.63. The number of anilines is 1. The van der Waals surface area contributed by atoms with Crippen molar-refractivity contribution in [1.82, 2.24) is 9.78 Å². The van der Waals surface area contributed by atoms with Crippen molar-refractivity contribution in [2.24, 2.45) is 0 Å². The first-order valence-electron chi connectivity index (χ1n) is 7.16. The minimum absolute atomic E-state index is 0.0222. The van der Waals surface area contributed by atoms with E-state index in [2.05, 4.69) is 9.82 Å². The maximum atomic E-state index is 13.9. The van der Waals surface area contributed by atoms with Gasteiger partial charge in [-0.2, -0.15) is 5.10 Å². The van der Waals surface area contributed by atoms with Gasteiger partial charge in [-0.25, -0.2) is 17.6 Å². The van der Waals surface area contributed by atoms with Crippen LogP contribution in [-0.2, 0) is 10.0 Å². The molecule has 1 aromatic heterocycles. The molecule has 0 radical (unpaired) electrons. The third-order valence-corrected chi connectivity index (χ3v) is 4.88. The van der Waals surface area contributed by atoms with E-state index in [4.69, 9.17) is 5.11 Å². The number of carbonyl (C=O) groups is 1. The van der Waals surface area contributed by atoms with E-state index in [1.54, 1.807) is 18.5 Å². The van der Waals surface area contributed by atoms with Gasteiger partial charge < -0.3 is 5.11 Å². The van der Waals surface area contributed by atoms with Crippen LogP contribution >= 0.6 is 0 Å². The van der Waals surface area contributed by atoms with Crippen molar-refractivity contribution in [1.29, 1.82) is 0 Å². The molecule has 2 rings (SSSR count). The maximum absolute atomic E-state index is 13.9. The second kappa shape index (κ2) is 6.23. The Morgan fingerprint density at radius 2 is 1.96 bits per heavy atom. The number of aromatic carboxylic acids is 1. The van der Waals surface area contributed by atoms with Crippen molar-refractivity contribution in [3.63, 3.8) is 0 Å². The molecule has 1 heterocycles. The lowest BCUT2D eigenvalue weighted by Gasteiger charge is -2.11. The molecule has 0 bridgehead atoms. The number of hydrogen-bond acceptors (Lipinski definition) is 4. The molecule has 9 heteroatoms. The van der Waals surface area contributed by atoms with Gasteiger partial charge in [0.25, 0.3) is 10.0 Å². The maximum Gasteiger partial charge on any atom is 0.335 e. The lowest BCUT2D eigenvalue weighted by molar-refractivity contribution is 0.0696. The third-order valence-electron chi connectivity index (χ3n) is 3.52. The number of nitrogens with zero attached hydrogens (tertiary/aromatic N) is 2. The van der Waals surface area contributed by atoms with Crippen LogP contribution in [0.4, 0.5) is 10.1 Å². The molecule has 0 saturated carbocycles. The van der Waals surface area contributed by atoms with Crippen molar-refractivity contribution in [3.05, 3.63) is 41.0 Å². The van der Waals surface area contributed by atoms with E-state index in [-0.39, 0.29) is 17.3 Å². The average Bonchev–Trinajstić information content (AvgIpc) is 2.75. The molecule has 1 aromatic carbocycles. The Morgan fingerprint density at radius 1 is 1.33 bits per heavy atom. The van der Waals surface area contributed by atoms with Crippen LogP contribution in [0.3, 0.4) is 0 Å². The number of hydrogen-bond donors (Lipinski definition) is 2. The molecule has 0 unspecified atom stereocenters. The molecule has 0 spiro atoms. The van der Waals surface area contributed by atoms with E-state index in [1.165, 1.54) is 0 Å². The molecular formula is C15H18FN3O4S. The Labute approximate surface area is 139 Å². The Balaban J connectivity index is 2.51. The molecule has 0 aliphatic heterocycles. The number of sulfonamides is 1. The highest BCUT2D eigenvalue weighted by atomic mass is 32.2. The first-order valence-corrected chi connectivity index (χ1v) is 8.64. The molecule has 2 N–H and O–H groups in total. The Hall–Kier alpha value is -2.42. The normalized spacial score (nSPS) is 11.8. The van der Waals surface area contributed by atoms with Crippen molar-refractivity contribution in [2.75, 3.05) is 4.72 Å². The number of carboxylic acids is 1. The van der Waals surface area contributed by atoms with Crippen LogP contribution in [0.5, 0.6) is 0 Å². The highest BCUT2D eigenvalue weighted by Crippen LogP contribution is 2.26. The zero-order valence-corrected chi connectivity index (χ0v) is 14.5. The smallest absolute Gasteiger partial charge is 0.335 e. The summed E-state index contributed by atoms with van der Waals surface area (Å²) in [5.41, 5.74) is 0.965. The highest BCUT2D eigenvalue weighted by Gasteiger charge is 2.24. The van der Waals surface area contributed by atoms with Gasteiger partial charge in [0.1, 0.15) is 10.7 Å². The van der Waals surface area contributed by atoms with Gasteiger partial charge in [0.2, 0.25) is 0 Å². The summed E-state index contributed by atoms with van der Waals surface area (Å²) < 4.78 is 42.9. The van der Waals surface area contributed by atoms with E-state index in [0.717, 1.165) is 18.2 Å². The zero-order valence-electron chi connectivity index (χ0n) is 13.7. The van der Waals surface area contributed by atoms with Crippen molar-refractivity contribution in [3.8, 4) is 0 Å². The van der Waals surface area contributed by atoms with Gasteiger partial charge in [-0.1, -0.05) is 0 Å². The largest absolute Gasteiger partial charge is 0.478 e. The highest BCUT2D eigenvalue weighted by molar-refractivity contribution is 7.92. The van der Waals surface area contributed by atoms with Crippen LogP contribution in [0.1, 0.15) is 41.6 Å². The predicted molar refractivity (Wildman–Crippen MR) is 86.3 cm³/mol. The molecule has 24 heavy (non-hydrogen) atoms. The number of benzene rings is 1. The third kappa shape index (κ3) is 3.25. The number of rotatable bonds is 5. The summed E-state index contributed by atoms with van der Waals surface area (Å²) in [6.07, 6.45) is 0. The summed E-state index contributed by atoms with van der Waals surface area (Å²) in [6.45, 7) is 7.12. The summed E-state index contributed by atoms with van der Waals surface area (Å²) in [7, 11) is -4.30. The first-order chi connectivity index (χ1) is 11.0. The fraction of sp³-hybridized carbons (Fsp3) is 0.333. The topological polar surface area (TPSA) is 101 Å². The summed E-state index contributed by atoms with van der Waals surface area (Å²) in [5.74, 6) is -2.37. The summed E-state index contributed by atoms with van der Waals surface area (Å²) in [5, 5.41) is 13.2. The van der Waals surface area contributed by atoms with Crippen molar-refractivity contribution < 1.29 is 22.7 Å². The van der Waals surface area contributed by atoms with Crippen molar-refractivity contribution >= 4 is 21.7 Å². The molecule has 0 saturated heterocycles. The first kappa shape index (κ1) is 17.9.